The van der Waals surface area contributed by atoms with Crippen molar-refractivity contribution in [2.24, 2.45) is 10.5 Å². The molecule has 1 aromatic carbocycles. The molecule has 0 spiro atoms. The summed E-state index contributed by atoms with van der Waals surface area (Å²) in [5, 5.41) is 15.0. The number of hydrogen-bond acceptors (Lipinski definition) is 4. The molecular formula is C15H19N3O3. The van der Waals surface area contributed by atoms with Gasteiger partial charge in [-0.1, -0.05) is 38.3 Å². The maximum absolute atomic E-state index is 12.1. The summed E-state index contributed by atoms with van der Waals surface area (Å²) in [5.74, 6) is -0.139. The Morgan fingerprint density at radius 2 is 2.14 bits per heavy atom. The van der Waals surface area contributed by atoms with Crippen LogP contribution in [-0.2, 0) is 4.79 Å². The van der Waals surface area contributed by atoms with Crippen molar-refractivity contribution in [1.82, 2.24) is 5.43 Å². The Hall–Kier alpha value is -2.24. The fraction of sp³-hybridized carbons (Fsp3) is 0.467. The molecule has 0 saturated heterocycles. The SMILES string of the molecule is CCCCCC1(C)C(=O)NN=C1c1cccc([N+](=O)[O-])c1. The van der Waals surface area contributed by atoms with Crippen LogP contribution >= 0.6 is 0 Å². The van der Waals surface area contributed by atoms with Gasteiger partial charge in [0.05, 0.1) is 16.0 Å². The minimum absolute atomic E-state index is 0.00505. The molecule has 21 heavy (non-hydrogen) atoms. The summed E-state index contributed by atoms with van der Waals surface area (Å²) in [6.45, 7) is 3.95. The lowest BCUT2D eigenvalue weighted by Crippen LogP contribution is -2.35. The molecule has 2 rings (SSSR count). The molecule has 0 saturated carbocycles. The third kappa shape index (κ3) is 2.94. The van der Waals surface area contributed by atoms with Gasteiger partial charge in [0.2, 0.25) is 0 Å². The van der Waals surface area contributed by atoms with Crippen LogP contribution in [0.4, 0.5) is 5.69 Å². The van der Waals surface area contributed by atoms with Gasteiger partial charge in [-0.3, -0.25) is 14.9 Å². The van der Waals surface area contributed by atoms with E-state index in [1.807, 2.05) is 6.92 Å². The topological polar surface area (TPSA) is 84.6 Å². The number of amides is 1. The molecule has 0 radical (unpaired) electrons. The lowest BCUT2D eigenvalue weighted by Gasteiger charge is -2.23. The normalized spacial score (nSPS) is 21.0. The van der Waals surface area contributed by atoms with Crippen LogP contribution in [0.1, 0.15) is 45.1 Å². The number of nitrogens with one attached hydrogen (secondary N) is 1. The zero-order chi connectivity index (χ0) is 15.5. The van der Waals surface area contributed by atoms with Gasteiger partial charge >= 0.3 is 0 Å². The second-order valence-electron chi connectivity index (χ2n) is 5.50. The Morgan fingerprint density at radius 1 is 1.38 bits per heavy atom. The molecule has 1 aliphatic heterocycles. The average molecular weight is 289 g/mol. The first-order valence-electron chi connectivity index (χ1n) is 7.12. The standard InChI is InChI=1S/C15H19N3O3/c1-3-4-5-9-15(2)13(16-17-14(15)19)11-7-6-8-12(10-11)18(20)21/h6-8,10H,3-5,9H2,1-2H3,(H,17,19). The van der Waals surface area contributed by atoms with Crippen molar-refractivity contribution in [3.63, 3.8) is 0 Å². The van der Waals surface area contributed by atoms with E-state index in [2.05, 4.69) is 17.5 Å². The number of carbonyl (C=O) groups excluding carboxylic acids is 1. The highest BCUT2D eigenvalue weighted by Crippen LogP contribution is 2.34. The molecular weight excluding hydrogens is 270 g/mol. The van der Waals surface area contributed by atoms with Gasteiger partial charge in [-0.2, -0.15) is 5.10 Å². The summed E-state index contributed by atoms with van der Waals surface area (Å²) in [4.78, 5) is 22.6. The first-order valence-corrected chi connectivity index (χ1v) is 7.12. The van der Waals surface area contributed by atoms with Crippen LogP contribution in [0.15, 0.2) is 29.4 Å². The molecule has 1 N–H and O–H groups in total. The molecule has 0 aromatic heterocycles. The van der Waals surface area contributed by atoms with Crippen molar-refractivity contribution in [2.75, 3.05) is 0 Å². The van der Waals surface area contributed by atoms with Crippen molar-refractivity contribution in [2.45, 2.75) is 39.5 Å². The van der Waals surface area contributed by atoms with Gasteiger partial charge in [-0.25, -0.2) is 5.43 Å². The van der Waals surface area contributed by atoms with Crippen molar-refractivity contribution in [3.8, 4) is 0 Å². The number of nitro benzene ring substituents is 1. The number of non-ortho nitro benzene ring substituents is 1. The summed E-state index contributed by atoms with van der Waals surface area (Å²) in [5.41, 5.74) is 3.02. The number of hydrazone groups is 1. The molecule has 6 nitrogen and oxygen atoms in total. The van der Waals surface area contributed by atoms with Crippen LogP contribution in [0.25, 0.3) is 0 Å². The van der Waals surface area contributed by atoms with Gasteiger partial charge in [0.1, 0.15) is 0 Å². The third-order valence-corrected chi connectivity index (χ3v) is 3.90. The van der Waals surface area contributed by atoms with E-state index < -0.39 is 10.3 Å². The molecule has 1 unspecified atom stereocenters. The van der Waals surface area contributed by atoms with E-state index in [1.54, 1.807) is 12.1 Å². The third-order valence-electron chi connectivity index (χ3n) is 3.90. The van der Waals surface area contributed by atoms with Crippen molar-refractivity contribution >= 4 is 17.3 Å². The smallest absolute Gasteiger partial charge is 0.270 e. The van der Waals surface area contributed by atoms with E-state index in [9.17, 15) is 14.9 Å². The van der Waals surface area contributed by atoms with Crippen LogP contribution in [0, 0.1) is 15.5 Å². The van der Waals surface area contributed by atoms with Crippen LogP contribution in [-0.4, -0.2) is 16.5 Å². The van der Waals surface area contributed by atoms with Gasteiger partial charge in [-0.05, 0) is 13.3 Å². The molecule has 1 atom stereocenters. The zero-order valence-corrected chi connectivity index (χ0v) is 12.3. The quantitative estimate of drug-likeness (QED) is 0.496. The van der Waals surface area contributed by atoms with Crippen molar-refractivity contribution < 1.29 is 9.72 Å². The molecule has 0 aliphatic carbocycles. The highest BCUT2D eigenvalue weighted by molar-refractivity contribution is 6.19. The van der Waals surface area contributed by atoms with E-state index in [1.165, 1.54) is 12.1 Å². The predicted molar refractivity (Wildman–Crippen MR) is 80.0 cm³/mol. The number of unbranched alkanes of at least 4 members (excludes halogenated alkanes) is 2. The molecule has 1 aromatic rings. The van der Waals surface area contributed by atoms with Crippen molar-refractivity contribution in [1.29, 1.82) is 0 Å². The lowest BCUT2D eigenvalue weighted by molar-refractivity contribution is -0.384. The van der Waals surface area contributed by atoms with Gasteiger partial charge in [0, 0.05) is 17.7 Å². The van der Waals surface area contributed by atoms with Crippen molar-refractivity contribution in [3.05, 3.63) is 39.9 Å². The summed E-state index contributed by atoms with van der Waals surface area (Å²) in [6.07, 6.45) is 3.73. The summed E-state index contributed by atoms with van der Waals surface area (Å²) >= 11 is 0. The summed E-state index contributed by atoms with van der Waals surface area (Å²) in [6, 6.07) is 6.27. The Balaban J connectivity index is 2.31. The average Bonchev–Trinajstić information content (AvgIpc) is 2.75. The van der Waals surface area contributed by atoms with Crippen LogP contribution < -0.4 is 5.43 Å². The lowest BCUT2D eigenvalue weighted by atomic mass is 9.77. The minimum Gasteiger partial charge on any atom is -0.272 e. The fourth-order valence-electron chi connectivity index (χ4n) is 2.57. The van der Waals surface area contributed by atoms with E-state index in [-0.39, 0.29) is 11.6 Å². The summed E-state index contributed by atoms with van der Waals surface area (Å²) in [7, 11) is 0. The zero-order valence-electron chi connectivity index (χ0n) is 12.3. The van der Waals surface area contributed by atoms with E-state index in [0.717, 1.165) is 19.3 Å². The molecule has 0 fully saturated rings. The van der Waals surface area contributed by atoms with E-state index >= 15 is 0 Å². The minimum atomic E-state index is -0.718. The largest absolute Gasteiger partial charge is 0.272 e. The van der Waals surface area contributed by atoms with Gasteiger partial charge < -0.3 is 0 Å². The Bertz CT molecular complexity index is 598. The number of nitrogens with zero attached hydrogens (tertiary/aromatic N) is 2. The first kappa shape index (κ1) is 15.2. The maximum atomic E-state index is 12.1. The second-order valence-corrected chi connectivity index (χ2v) is 5.50. The number of nitro groups is 1. The number of hydrogen-bond donors (Lipinski definition) is 1. The number of benzene rings is 1. The predicted octanol–water partition coefficient (Wildman–Crippen LogP) is 3.02. The van der Waals surface area contributed by atoms with Crippen LogP contribution in [0.3, 0.4) is 0 Å². The van der Waals surface area contributed by atoms with E-state index in [4.69, 9.17) is 0 Å². The molecule has 112 valence electrons. The highest BCUT2D eigenvalue weighted by Gasteiger charge is 2.43. The van der Waals surface area contributed by atoms with Crippen LogP contribution in [0.2, 0.25) is 0 Å². The first-order chi connectivity index (χ1) is 9.99. The Labute approximate surface area is 123 Å². The molecule has 6 heteroatoms. The van der Waals surface area contributed by atoms with Gasteiger partial charge in [0.25, 0.3) is 11.6 Å². The highest BCUT2D eigenvalue weighted by atomic mass is 16.6. The molecule has 0 bridgehead atoms. The van der Waals surface area contributed by atoms with Gasteiger partial charge in [0.15, 0.2) is 0 Å². The van der Waals surface area contributed by atoms with Crippen LogP contribution in [0.5, 0.6) is 0 Å². The molecule has 1 heterocycles. The Morgan fingerprint density at radius 3 is 2.81 bits per heavy atom. The Kier molecular flexibility index (Phi) is 4.35. The fourth-order valence-corrected chi connectivity index (χ4v) is 2.57. The molecule has 1 aliphatic rings. The maximum Gasteiger partial charge on any atom is 0.270 e. The molecule has 1 amide bonds. The number of carbonyl (C=O) groups is 1. The number of rotatable bonds is 6. The second kappa shape index (κ2) is 6.03. The van der Waals surface area contributed by atoms with E-state index in [0.29, 0.717) is 17.7 Å². The summed E-state index contributed by atoms with van der Waals surface area (Å²) < 4.78 is 0. The monoisotopic (exact) mass is 289 g/mol. The van der Waals surface area contributed by atoms with Gasteiger partial charge in [-0.15, -0.1) is 0 Å².